The molecule has 2 fully saturated rings. The first-order valence-corrected chi connectivity index (χ1v) is 8.40. The van der Waals surface area contributed by atoms with E-state index < -0.39 is 30.4 Å². The summed E-state index contributed by atoms with van der Waals surface area (Å²) in [5.74, 6) is -0.715. The van der Waals surface area contributed by atoms with Gasteiger partial charge in [0.25, 0.3) is 0 Å². The molecular weight excluding hydrogens is 288 g/mol. The lowest BCUT2D eigenvalue weighted by Crippen LogP contribution is -2.44. The first-order chi connectivity index (χ1) is 10.5. The molecular formula is C16H30O6. The van der Waals surface area contributed by atoms with Crippen molar-refractivity contribution in [2.45, 2.75) is 89.4 Å². The largest absolute Gasteiger partial charge is 0.394 e. The average Bonchev–Trinajstić information content (AvgIpc) is 2.94. The lowest BCUT2D eigenvalue weighted by atomic mass is 10.1. The normalized spacial score (nSPS) is 34.8. The smallest absolute Gasteiger partial charge is 0.190 e. The molecule has 0 saturated carbocycles. The average molecular weight is 318 g/mol. The van der Waals surface area contributed by atoms with Crippen molar-refractivity contribution in [3.8, 4) is 0 Å². The molecule has 0 spiro atoms. The van der Waals surface area contributed by atoms with Gasteiger partial charge in [0, 0.05) is 6.61 Å². The molecule has 2 aliphatic heterocycles. The number of ether oxygens (including phenoxy) is 4. The molecule has 0 aromatic rings. The monoisotopic (exact) mass is 318 g/mol. The second kappa shape index (κ2) is 8.04. The molecule has 2 rings (SSSR count). The van der Waals surface area contributed by atoms with Crippen molar-refractivity contribution in [1.29, 1.82) is 0 Å². The Morgan fingerprint density at radius 2 is 1.86 bits per heavy atom. The Morgan fingerprint density at radius 3 is 2.55 bits per heavy atom. The Hall–Kier alpha value is -0.240. The molecule has 22 heavy (non-hydrogen) atoms. The summed E-state index contributed by atoms with van der Waals surface area (Å²) in [6.07, 6.45) is 2.83. The highest BCUT2D eigenvalue weighted by Gasteiger charge is 2.56. The van der Waals surface area contributed by atoms with E-state index in [2.05, 4.69) is 6.92 Å². The Kier molecular flexibility index (Phi) is 6.61. The molecule has 0 bridgehead atoms. The maximum Gasteiger partial charge on any atom is 0.190 e. The van der Waals surface area contributed by atoms with Crippen LogP contribution in [0.25, 0.3) is 0 Å². The van der Waals surface area contributed by atoms with Crippen LogP contribution in [-0.4, -0.2) is 59.9 Å². The quantitative estimate of drug-likeness (QED) is 0.629. The summed E-state index contributed by atoms with van der Waals surface area (Å²) in [7, 11) is 0. The van der Waals surface area contributed by atoms with Crippen LogP contribution in [0.15, 0.2) is 0 Å². The highest BCUT2D eigenvalue weighted by Crippen LogP contribution is 2.39. The van der Waals surface area contributed by atoms with E-state index in [0.717, 1.165) is 12.8 Å². The Bertz CT molecular complexity index is 335. The van der Waals surface area contributed by atoms with Crippen molar-refractivity contribution >= 4 is 0 Å². The molecule has 2 heterocycles. The number of aliphatic hydroxyl groups is 2. The SMILES string of the molecule is CCCCCCCO[C@@H]1[C@H]2OC(C)(C)O[C@H]2O[C@@H]1[C@H](O)CO. The van der Waals surface area contributed by atoms with E-state index in [-0.39, 0.29) is 12.7 Å². The van der Waals surface area contributed by atoms with Crippen LogP contribution in [0.5, 0.6) is 0 Å². The zero-order valence-corrected chi connectivity index (χ0v) is 13.9. The molecule has 2 saturated heterocycles. The lowest BCUT2D eigenvalue weighted by Gasteiger charge is -2.28. The number of fused-ring (bicyclic) bond motifs is 1. The standard InChI is InChI=1S/C16H30O6/c1-4-5-6-7-8-9-19-13-12(11(18)10-17)20-15-14(13)21-16(2,3)22-15/h11-15,17-18H,4-10H2,1-3H3/t11-,12-,13+,14-,15-/m1/s1. The molecule has 0 radical (unpaired) electrons. The van der Waals surface area contributed by atoms with Gasteiger partial charge >= 0.3 is 0 Å². The van der Waals surface area contributed by atoms with Gasteiger partial charge in [-0.15, -0.1) is 0 Å². The van der Waals surface area contributed by atoms with Crippen LogP contribution in [0.1, 0.15) is 52.9 Å². The molecule has 0 aromatic carbocycles. The van der Waals surface area contributed by atoms with Crippen LogP contribution in [0, 0.1) is 0 Å². The van der Waals surface area contributed by atoms with Crippen molar-refractivity contribution in [1.82, 2.24) is 0 Å². The molecule has 5 atom stereocenters. The summed E-state index contributed by atoms with van der Waals surface area (Å²) in [4.78, 5) is 0. The van der Waals surface area contributed by atoms with Gasteiger partial charge in [0.2, 0.25) is 0 Å². The topological polar surface area (TPSA) is 77.4 Å². The fourth-order valence-corrected chi connectivity index (χ4v) is 3.03. The predicted octanol–water partition coefficient (Wildman–Crippen LogP) is 1.57. The summed E-state index contributed by atoms with van der Waals surface area (Å²) in [5.41, 5.74) is 0. The zero-order valence-electron chi connectivity index (χ0n) is 13.9. The van der Waals surface area contributed by atoms with Gasteiger partial charge in [0.15, 0.2) is 12.1 Å². The fourth-order valence-electron chi connectivity index (χ4n) is 3.03. The van der Waals surface area contributed by atoms with E-state index in [4.69, 9.17) is 18.9 Å². The van der Waals surface area contributed by atoms with E-state index in [1.165, 1.54) is 19.3 Å². The van der Waals surface area contributed by atoms with Gasteiger partial charge in [-0.1, -0.05) is 32.6 Å². The molecule has 6 nitrogen and oxygen atoms in total. The number of rotatable bonds is 9. The van der Waals surface area contributed by atoms with Crippen LogP contribution in [0.4, 0.5) is 0 Å². The van der Waals surface area contributed by atoms with Crippen LogP contribution < -0.4 is 0 Å². The molecule has 130 valence electrons. The summed E-state index contributed by atoms with van der Waals surface area (Å²) < 4.78 is 23.1. The Morgan fingerprint density at radius 1 is 1.14 bits per heavy atom. The molecule has 0 aliphatic carbocycles. The van der Waals surface area contributed by atoms with E-state index in [1.54, 1.807) is 0 Å². The van der Waals surface area contributed by atoms with Gasteiger partial charge < -0.3 is 29.2 Å². The van der Waals surface area contributed by atoms with Gasteiger partial charge in [-0.3, -0.25) is 0 Å². The first-order valence-electron chi connectivity index (χ1n) is 8.40. The zero-order chi connectivity index (χ0) is 16.2. The molecule has 2 N–H and O–H groups in total. The summed E-state index contributed by atoms with van der Waals surface area (Å²) in [5, 5.41) is 19.1. The maximum atomic E-state index is 9.92. The van der Waals surface area contributed by atoms with Gasteiger partial charge in [0.1, 0.15) is 24.4 Å². The minimum Gasteiger partial charge on any atom is -0.394 e. The number of aliphatic hydroxyl groups excluding tert-OH is 2. The van der Waals surface area contributed by atoms with Crippen molar-refractivity contribution in [3.63, 3.8) is 0 Å². The third kappa shape index (κ3) is 4.40. The second-order valence-electron chi connectivity index (χ2n) is 6.57. The highest BCUT2D eigenvalue weighted by molar-refractivity contribution is 4.96. The second-order valence-corrected chi connectivity index (χ2v) is 6.57. The van der Waals surface area contributed by atoms with Crippen LogP contribution in [0.3, 0.4) is 0 Å². The van der Waals surface area contributed by atoms with Gasteiger partial charge in [-0.05, 0) is 20.3 Å². The third-order valence-corrected chi connectivity index (χ3v) is 4.15. The van der Waals surface area contributed by atoms with E-state index >= 15 is 0 Å². The van der Waals surface area contributed by atoms with Gasteiger partial charge in [-0.2, -0.15) is 0 Å². The maximum absolute atomic E-state index is 9.92. The van der Waals surface area contributed by atoms with E-state index in [0.29, 0.717) is 6.61 Å². The van der Waals surface area contributed by atoms with Crippen LogP contribution >= 0.6 is 0 Å². The summed E-state index contributed by atoms with van der Waals surface area (Å²) in [6.45, 7) is 6.07. The molecule has 2 aliphatic rings. The Labute approximate surface area is 132 Å². The van der Waals surface area contributed by atoms with E-state index in [9.17, 15) is 10.2 Å². The minimum atomic E-state index is -0.994. The van der Waals surface area contributed by atoms with Crippen LogP contribution in [0.2, 0.25) is 0 Å². The highest BCUT2D eigenvalue weighted by atomic mass is 16.8. The minimum absolute atomic E-state index is 0.364. The van der Waals surface area contributed by atoms with Crippen LogP contribution in [-0.2, 0) is 18.9 Å². The van der Waals surface area contributed by atoms with E-state index in [1.807, 2.05) is 13.8 Å². The molecule has 0 amide bonds. The summed E-state index contributed by atoms with van der Waals surface area (Å²) in [6, 6.07) is 0. The van der Waals surface area contributed by atoms with Gasteiger partial charge in [0.05, 0.1) is 6.61 Å². The number of hydrogen-bond donors (Lipinski definition) is 2. The predicted molar refractivity (Wildman–Crippen MR) is 80.3 cm³/mol. The van der Waals surface area contributed by atoms with Crippen molar-refractivity contribution < 1.29 is 29.2 Å². The number of hydrogen-bond acceptors (Lipinski definition) is 6. The fraction of sp³-hybridized carbons (Fsp3) is 1.00. The summed E-state index contributed by atoms with van der Waals surface area (Å²) >= 11 is 0. The first kappa shape index (κ1) is 18.1. The molecule has 0 aromatic heterocycles. The molecule has 0 unspecified atom stereocenters. The van der Waals surface area contributed by atoms with Crippen molar-refractivity contribution in [2.24, 2.45) is 0 Å². The van der Waals surface area contributed by atoms with Gasteiger partial charge in [-0.25, -0.2) is 0 Å². The lowest BCUT2D eigenvalue weighted by molar-refractivity contribution is -0.231. The van der Waals surface area contributed by atoms with Crippen molar-refractivity contribution in [3.05, 3.63) is 0 Å². The van der Waals surface area contributed by atoms with Crippen molar-refractivity contribution in [2.75, 3.05) is 13.2 Å². The third-order valence-electron chi connectivity index (χ3n) is 4.15. The number of unbranched alkanes of at least 4 members (excludes halogenated alkanes) is 4. The Balaban J connectivity index is 1.85. The molecule has 6 heteroatoms.